The Bertz CT molecular complexity index is 866. The second-order valence-electron chi connectivity index (χ2n) is 4.23. The number of hydrogen-bond acceptors (Lipinski definition) is 5. The molecule has 0 aliphatic carbocycles. The lowest BCUT2D eigenvalue weighted by Crippen LogP contribution is -1.89. The Morgan fingerprint density at radius 1 is 0.950 bits per heavy atom. The van der Waals surface area contributed by atoms with E-state index in [4.69, 9.17) is 0 Å². The average molecular weight is 279 g/mol. The van der Waals surface area contributed by atoms with E-state index in [1.54, 1.807) is 17.5 Å². The van der Waals surface area contributed by atoms with Gasteiger partial charge in [0.1, 0.15) is 5.69 Å². The molecule has 0 atom stereocenters. The summed E-state index contributed by atoms with van der Waals surface area (Å²) in [4.78, 5) is 14.4. The first-order valence-corrected chi connectivity index (χ1v) is 6.96. The summed E-state index contributed by atoms with van der Waals surface area (Å²) >= 11 is 1.62. The maximum absolute atomic E-state index is 4.54. The van der Waals surface area contributed by atoms with E-state index in [9.17, 15) is 0 Å². The minimum Gasteiger partial charge on any atom is -0.258 e. The SMILES string of the molecule is c1csc(-c2nc(-c3cnc4ccccc4n3)n[nH]2)c1. The minimum atomic E-state index is 0.562. The van der Waals surface area contributed by atoms with Crippen molar-refractivity contribution in [3.63, 3.8) is 0 Å². The van der Waals surface area contributed by atoms with Gasteiger partial charge < -0.3 is 0 Å². The number of hydrogen-bond donors (Lipinski definition) is 1. The number of aromatic nitrogens is 5. The Hall–Kier alpha value is -2.60. The van der Waals surface area contributed by atoms with Crippen molar-refractivity contribution in [1.29, 1.82) is 0 Å². The molecule has 0 spiro atoms. The van der Waals surface area contributed by atoms with Crippen LogP contribution in [0.1, 0.15) is 0 Å². The fourth-order valence-corrected chi connectivity index (χ4v) is 2.63. The summed E-state index contributed by atoms with van der Waals surface area (Å²) < 4.78 is 0. The van der Waals surface area contributed by atoms with Crippen LogP contribution in [0, 0.1) is 0 Å². The van der Waals surface area contributed by atoms with Crippen molar-refractivity contribution in [2.45, 2.75) is 0 Å². The third-order valence-corrected chi connectivity index (χ3v) is 3.79. The van der Waals surface area contributed by atoms with Gasteiger partial charge >= 0.3 is 0 Å². The number of rotatable bonds is 2. The number of nitrogens with zero attached hydrogens (tertiary/aromatic N) is 4. The Balaban J connectivity index is 1.79. The quantitative estimate of drug-likeness (QED) is 0.612. The lowest BCUT2D eigenvalue weighted by molar-refractivity contribution is 1.09. The molecule has 0 radical (unpaired) electrons. The van der Waals surface area contributed by atoms with Gasteiger partial charge in [-0.2, -0.15) is 5.10 Å². The van der Waals surface area contributed by atoms with Gasteiger partial charge in [0.2, 0.25) is 5.82 Å². The first-order chi connectivity index (χ1) is 9.90. The van der Waals surface area contributed by atoms with E-state index in [1.807, 2.05) is 41.8 Å². The molecule has 0 saturated carbocycles. The van der Waals surface area contributed by atoms with Crippen LogP contribution in [0.2, 0.25) is 0 Å². The van der Waals surface area contributed by atoms with Crippen molar-refractivity contribution in [1.82, 2.24) is 25.1 Å². The number of aromatic amines is 1. The summed E-state index contributed by atoms with van der Waals surface area (Å²) in [6.45, 7) is 0. The van der Waals surface area contributed by atoms with Crippen LogP contribution >= 0.6 is 11.3 Å². The summed E-state index contributed by atoms with van der Waals surface area (Å²) in [6.07, 6.45) is 1.70. The van der Waals surface area contributed by atoms with Crippen LogP contribution in [0.15, 0.2) is 48.0 Å². The highest BCUT2D eigenvalue weighted by atomic mass is 32.1. The number of thiophene rings is 1. The first kappa shape index (κ1) is 11.2. The van der Waals surface area contributed by atoms with Crippen molar-refractivity contribution in [2.24, 2.45) is 0 Å². The predicted octanol–water partition coefficient (Wildman–Crippen LogP) is 3.14. The van der Waals surface area contributed by atoms with Crippen molar-refractivity contribution in [3.05, 3.63) is 48.0 Å². The number of benzene rings is 1. The zero-order valence-electron chi connectivity index (χ0n) is 10.3. The monoisotopic (exact) mass is 279 g/mol. The highest BCUT2D eigenvalue weighted by molar-refractivity contribution is 7.13. The Morgan fingerprint density at radius 2 is 1.85 bits per heavy atom. The second-order valence-corrected chi connectivity index (χ2v) is 5.18. The zero-order chi connectivity index (χ0) is 13.4. The Morgan fingerprint density at radius 3 is 2.70 bits per heavy atom. The fourth-order valence-electron chi connectivity index (χ4n) is 1.96. The molecule has 3 aromatic heterocycles. The third-order valence-electron chi connectivity index (χ3n) is 2.92. The standard InChI is InChI=1S/C14H9N5S/c1-2-5-10-9(4-1)15-8-11(16-10)13-17-14(19-18-13)12-6-3-7-20-12/h1-8H,(H,17,18,19). The van der Waals surface area contributed by atoms with Crippen LogP contribution in [0.25, 0.3) is 33.3 Å². The molecule has 96 valence electrons. The van der Waals surface area contributed by atoms with E-state index in [0.29, 0.717) is 11.5 Å². The Kier molecular flexibility index (Phi) is 2.53. The highest BCUT2D eigenvalue weighted by Crippen LogP contribution is 2.23. The molecular weight excluding hydrogens is 270 g/mol. The summed E-state index contributed by atoms with van der Waals surface area (Å²) in [5.74, 6) is 1.32. The van der Waals surface area contributed by atoms with Crippen LogP contribution in [-0.2, 0) is 0 Å². The van der Waals surface area contributed by atoms with Gasteiger partial charge in [-0.1, -0.05) is 18.2 Å². The normalized spacial score (nSPS) is 11.0. The lowest BCUT2D eigenvalue weighted by atomic mass is 10.3. The van der Waals surface area contributed by atoms with Gasteiger partial charge in [0, 0.05) is 0 Å². The molecule has 3 heterocycles. The van der Waals surface area contributed by atoms with E-state index in [0.717, 1.165) is 21.7 Å². The summed E-state index contributed by atoms with van der Waals surface area (Å²) in [5, 5.41) is 9.16. The van der Waals surface area contributed by atoms with Gasteiger partial charge in [-0.25, -0.2) is 9.97 Å². The molecule has 0 saturated heterocycles. The smallest absolute Gasteiger partial charge is 0.201 e. The molecular formula is C14H9N5S. The molecule has 0 bridgehead atoms. The van der Waals surface area contributed by atoms with Crippen molar-refractivity contribution in [2.75, 3.05) is 0 Å². The molecule has 6 heteroatoms. The van der Waals surface area contributed by atoms with Gasteiger partial charge in [0.25, 0.3) is 0 Å². The molecule has 20 heavy (non-hydrogen) atoms. The van der Waals surface area contributed by atoms with Gasteiger partial charge in [0.15, 0.2) is 5.82 Å². The molecule has 1 N–H and O–H groups in total. The maximum atomic E-state index is 4.54. The van der Waals surface area contributed by atoms with Crippen LogP contribution in [0.5, 0.6) is 0 Å². The molecule has 0 aliphatic heterocycles. The second kappa shape index (κ2) is 4.50. The number of fused-ring (bicyclic) bond motifs is 1. The molecule has 5 nitrogen and oxygen atoms in total. The zero-order valence-corrected chi connectivity index (χ0v) is 11.1. The van der Waals surface area contributed by atoms with E-state index < -0.39 is 0 Å². The molecule has 0 amide bonds. The van der Waals surface area contributed by atoms with E-state index >= 15 is 0 Å². The predicted molar refractivity (Wildman–Crippen MR) is 78.2 cm³/mol. The molecule has 1 aromatic carbocycles. The number of H-pyrrole nitrogens is 1. The summed E-state index contributed by atoms with van der Waals surface area (Å²) in [7, 11) is 0. The fraction of sp³-hybridized carbons (Fsp3) is 0. The van der Waals surface area contributed by atoms with Crippen molar-refractivity contribution in [3.8, 4) is 22.2 Å². The van der Waals surface area contributed by atoms with Crippen molar-refractivity contribution >= 4 is 22.4 Å². The highest BCUT2D eigenvalue weighted by Gasteiger charge is 2.10. The van der Waals surface area contributed by atoms with Crippen LogP contribution in [0.4, 0.5) is 0 Å². The van der Waals surface area contributed by atoms with Crippen molar-refractivity contribution < 1.29 is 0 Å². The van der Waals surface area contributed by atoms with E-state index in [1.165, 1.54) is 0 Å². The van der Waals surface area contributed by atoms with Crippen LogP contribution in [-0.4, -0.2) is 25.1 Å². The van der Waals surface area contributed by atoms with Gasteiger partial charge in [0.05, 0.1) is 22.1 Å². The first-order valence-electron chi connectivity index (χ1n) is 6.08. The van der Waals surface area contributed by atoms with E-state index in [-0.39, 0.29) is 0 Å². The Labute approximate surface area is 118 Å². The number of nitrogens with one attached hydrogen (secondary N) is 1. The molecule has 0 unspecified atom stereocenters. The topological polar surface area (TPSA) is 67.3 Å². The van der Waals surface area contributed by atoms with Gasteiger partial charge in [-0.3, -0.25) is 10.1 Å². The minimum absolute atomic E-state index is 0.562. The van der Waals surface area contributed by atoms with Gasteiger partial charge in [-0.05, 0) is 23.6 Å². The molecule has 0 aliphatic rings. The maximum Gasteiger partial charge on any atom is 0.201 e. The van der Waals surface area contributed by atoms with E-state index in [2.05, 4.69) is 25.1 Å². The van der Waals surface area contributed by atoms with Crippen LogP contribution < -0.4 is 0 Å². The molecule has 0 fully saturated rings. The summed E-state index contributed by atoms with van der Waals surface area (Å²) in [5.41, 5.74) is 2.38. The lowest BCUT2D eigenvalue weighted by Gasteiger charge is -1.97. The third kappa shape index (κ3) is 1.86. The molecule has 4 rings (SSSR count). The number of para-hydroxylation sites is 2. The van der Waals surface area contributed by atoms with Crippen LogP contribution in [0.3, 0.4) is 0 Å². The largest absolute Gasteiger partial charge is 0.258 e. The average Bonchev–Trinajstić information content (AvgIpc) is 3.17. The van der Waals surface area contributed by atoms with Gasteiger partial charge in [-0.15, -0.1) is 11.3 Å². The summed E-state index contributed by atoms with van der Waals surface area (Å²) in [6, 6.07) is 11.7. The molecule has 4 aromatic rings.